The van der Waals surface area contributed by atoms with Gasteiger partial charge in [-0.3, -0.25) is 0 Å². The number of nitrogens with one attached hydrogen (secondary N) is 1. The van der Waals surface area contributed by atoms with E-state index in [9.17, 15) is 0 Å². The molecule has 1 fully saturated rings. The summed E-state index contributed by atoms with van der Waals surface area (Å²) in [6.45, 7) is 2.30. The maximum Gasteiger partial charge on any atom is 0.0178 e. The van der Waals surface area contributed by atoms with Gasteiger partial charge in [-0.1, -0.05) is 90.4 Å². The lowest BCUT2D eigenvalue weighted by Crippen LogP contribution is -2.39. The standard InChI is InChI=1S/C19H39N/c1-3-4-5-6-7-8-9-10-11-12-13-16-19(20-2)17-14-15-18-19/h20H,3-18H2,1-2H3. The smallest absolute Gasteiger partial charge is 0.0178 e. The minimum atomic E-state index is 0.527. The van der Waals surface area contributed by atoms with Crippen molar-refractivity contribution in [3.05, 3.63) is 0 Å². The zero-order chi connectivity index (χ0) is 14.5. The van der Waals surface area contributed by atoms with E-state index in [0.717, 1.165) is 0 Å². The van der Waals surface area contributed by atoms with Crippen LogP contribution in [0.2, 0.25) is 0 Å². The Bertz CT molecular complexity index is 206. The van der Waals surface area contributed by atoms with Crippen LogP contribution in [0.25, 0.3) is 0 Å². The highest BCUT2D eigenvalue weighted by molar-refractivity contribution is 4.91. The quantitative estimate of drug-likeness (QED) is 0.395. The lowest BCUT2D eigenvalue weighted by Gasteiger charge is -2.28. The van der Waals surface area contributed by atoms with E-state index in [4.69, 9.17) is 0 Å². The molecule has 0 aromatic heterocycles. The third-order valence-electron chi connectivity index (χ3n) is 5.35. The van der Waals surface area contributed by atoms with E-state index in [1.54, 1.807) is 0 Å². The van der Waals surface area contributed by atoms with E-state index in [2.05, 4.69) is 19.3 Å². The molecule has 0 radical (unpaired) electrons. The maximum atomic E-state index is 3.61. The summed E-state index contributed by atoms with van der Waals surface area (Å²) in [5.41, 5.74) is 0.527. The van der Waals surface area contributed by atoms with Crippen molar-refractivity contribution >= 4 is 0 Å². The number of unbranched alkanes of at least 4 members (excludes halogenated alkanes) is 10. The average Bonchev–Trinajstić information content (AvgIpc) is 2.94. The summed E-state index contributed by atoms with van der Waals surface area (Å²) in [6.07, 6.45) is 23.1. The highest BCUT2D eigenvalue weighted by atomic mass is 14.9. The predicted molar refractivity (Wildman–Crippen MR) is 91.3 cm³/mol. The fraction of sp³-hybridized carbons (Fsp3) is 1.00. The summed E-state index contributed by atoms with van der Waals surface area (Å²) < 4.78 is 0. The summed E-state index contributed by atoms with van der Waals surface area (Å²) in [7, 11) is 2.17. The number of hydrogen-bond acceptors (Lipinski definition) is 1. The molecule has 0 saturated heterocycles. The van der Waals surface area contributed by atoms with Gasteiger partial charge in [0.15, 0.2) is 0 Å². The summed E-state index contributed by atoms with van der Waals surface area (Å²) in [6, 6.07) is 0. The molecular formula is C19H39N. The van der Waals surface area contributed by atoms with Crippen molar-refractivity contribution in [3.8, 4) is 0 Å². The molecule has 1 heteroatoms. The Hall–Kier alpha value is -0.0400. The average molecular weight is 282 g/mol. The molecule has 1 aliphatic carbocycles. The first-order valence-electron chi connectivity index (χ1n) is 9.52. The van der Waals surface area contributed by atoms with Crippen LogP contribution < -0.4 is 5.32 Å². The highest BCUT2D eigenvalue weighted by Crippen LogP contribution is 2.33. The molecule has 0 amide bonds. The van der Waals surface area contributed by atoms with Crippen LogP contribution in [0.15, 0.2) is 0 Å². The molecule has 1 saturated carbocycles. The van der Waals surface area contributed by atoms with Crippen LogP contribution in [-0.2, 0) is 0 Å². The second-order valence-electron chi connectivity index (χ2n) is 7.02. The third-order valence-corrected chi connectivity index (χ3v) is 5.35. The topological polar surface area (TPSA) is 12.0 Å². The number of hydrogen-bond donors (Lipinski definition) is 1. The fourth-order valence-electron chi connectivity index (χ4n) is 3.80. The molecule has 0 bridgehead atoms. The molecule has 1 nitrogen and oxygen atoms in total. The van der Waals surface area contributed by atoms with Crippen molar-refractivity contribution in [3.63, 3.8) is 0 Å². The molecule has 0 unspecified atom stereocenters. The molecule has 0 spiro atoms. The highest BCUT2D eigenvalue weighted by Gasteiger charge is 2.30. The van der Waals surface area contributed by atoms with Gasteiger partial charge in [0.25, 0.3) is 0 Å². The Kier molecular flexibility index (Phi) is 10.4. The van der Waals surface area contributed by atoms with Crippen LogP contribution >= 0.6 is 0 Å². The summed E-state index contributed by atoms with van der Waals surface area (Å²) in [4.78, 5) is 0. The SMILES string of the molecule is CCCCCCCCCCCCCC1(NC)CCCC1. The van der Waals surface area contributed by atoms with Gasteiger partial charge in [0.1, 0.15) is 0 Å². The molecule has 120 valence electrons. The third kappa shape index (κ3) is 7.67. The molecule has 0 aromatic rings. The fourth-order valence-corrected chi connectivity index (χ4v) is 3.80. The second-order valence-corrected chi connectivity index (χ2v) is 7.02. The molecule has 1 N–H and O–H groups in total. The van der Waals surface area contributed by atoms with Crippen molar-refractivity contribution < 1.29 is 0 Å². The molecule has 1 rings (SSSR count). The van der Waals surface area contributed by atoms with E-state index < -0.39 is 0 Å². The Morgan fingerprint density at radius 1 is 0.700 bits per heavy atom. The molecule has 1 aliphatic rings. The summed E-state index contributed by atoms with van der Waals surface area (Å²) >= 11 is 0. The number of rotatable bonds is 13. The van der Waals surface area contributed by atoms with Gasteiger partial charge in [-0.05, 0) is 26.3 Å². The van der Waals surface area contributed by atoms with Gasteiger partial charge in [0.2, 0.25) is 0 Å². The molecule has 0 heterocycles. The van der Waals surface area contributed by atoms with Crippen molar-refractivity contribution in [2.75, 3.05) is 7.05 Å². The first-order chi connectivity index (χ1) is 9.83. The van der Waals surface area contributed by atoms with Gasteiger partial charge in [-0.25, -0.2) is 0 Å². The van der Waals surface area contributed by atoms with Crippen LogP contribution in [0.1, 0.15) is 110 Å². The van der Waals surface area contributed by atoms with Crippen LogP contribution in [0.3, 0.4) is 0 Å². The maximum absolute atomic E-state index is 3.61. The van der Waals surface area contributed by atoms with Crippen LogP contribution in [0.4, 0.5) is 0 Å². The molecular weight excluding hydrogens is 242 g/mol. The van der Waals surface area contributed by atoms with Crippen LogP contribution in [-0.4, -0.2) is 12.6 Å². The molecule has 0 aliphatic heterocycles. The first-order valence-corrected chi connectivity index (χ1v) is 9.52. The molecule has 0 atom stereocenters. The van der Waals surface area contributed by atoms with E-state index in [1.165, 1.54) is 103 Å². The van der Waals surface area contributed by atoms with Gasteiger partial charge >= 0.3 is 0 Å². The van der Waals surface area contributed by atoms with Crippen LogP contribution in [0.5, 0.6) is 0 Å². The van der Waals surface area contributed by atoms with E-state index >= 15 is 0 Å². The van der Waals surface area contributed by atoms with E-state index in [-0.39, 0.29) is 0 Å². The Labute approximate surface area is 128 Å². The van der Waals surface area contributed by atoms with E-state index in [0.29, 0.717) is 5.54 Å². The Morgan fingerprint density at radius 2 is 1.15 bits per heavy atom. The normalized spacial score (nSPS) is 17.7. The second kappa shape index (κ2) is 11.6. The predicted octanol–water partition coefficient (Wildman–Crippen LogP) is 6.22. The minimum Gasteiger partial charge on any atom is -0.314 e. The van der Waals surface area contributed by atoms with Gasteiger partial charge < -0.3 is 5.32 Å². The van der Waals surface area contributed by atoms with Gasteiger partial charge in [-0.15, -0.1) is 0 Å². The summed E-state index contributed by atoms with van der Waals surface area (Å²) in [5, 5.41) is 3.61. The molecule has 20 heavy (non-hydrogen) atoms. The van der Waals surface area contributed by atoms with Crippen molar-refractivity contribution in [1.82, 2.24) is 5.32 Å². The van der Waals surface area contributed by atoms with E-state index in [1.807, 2.05) is 0 Å². The Morgan fingerprint density at radius 3 is 1.60 bits per heavy atom. The largest absolute Gasteiger partial charge is 0.314 e. The summed E-state index contributed by atoms with van der Waals surface area (Å²) in [5.74, 6) is 0. The lowest BCUT2D eigenvalue weighted by molar-refractivity contribution is 0.319. The Balaban J connectivity index is 1.83. The van der Waals surface area contributed by atoms with Crippen molar-refractivity contribution in [1.29, 1.82) is 0 Å². The lowest BCUT2D eigenvalue weighted by atomic mass is 9.90. The minimum absolute atomic E-state index is 0.527. The van der Waals surface area contributed by atoms with Gasteiger partial charge in [-0.2, -0.15) is 0 Å². The van der Waals surface area contributed by atoms with Gasteiger partial charge in [0, 0.05) is 5.54 Å². The zero-order valence-corrected chi connectivity index (χ0v) is 14.3. The zero-order valence-electron chi connectivity index (χ0n) is 14.3. The first kappa shape index (κ1) is 18.0. The monoisotopic (exact) mass is 281 g/mol. The van der Waals surface area contributed by atoms with Crippen molar-refractivity contribution in [2.45, 2.75) is 115 Å². The van der Waals surface area contributed by atoms with Gasteiger partial charge in [0.05, 0.1) is 0 Å². The molecule has 0 aromatic carbocycles. The van der Waals surface area contributed by atoms with Crippen molar-refractivity contribution in [2.24, 2.45) is 0 Å². The van der Waals surface area contributed by atoms with Crippen LogP contribution in [0, 0.1) is 0 Å².